The molecule has 16 heavy (non-hydrogen) atoms. The number of ketones is 1. The lowest BCUT2D eigenvalue weighted by atomic mass is 9.80. The van der Waals surface area contributed by atoms with Crippen LogP contribution in [0.5, 0.6) is 0 Å². The van der Waals surface area contributed by atoms with E-state index in [2.05, 4.69) is 13.8 Å². The highest BCUT2D eigenvalue weighted by Gasteiger charge is 2.27. The molecule has 2 nitrogen and oxygen atoms in total. The predicted octanol–water partition coefficient (Wildman–Crippen LogP) is 3.29. The normalized spacial score (nSPS) is 19.9. The SMILES string of the molecule is CC(=O)c1c(N)sc2c1CCC(C(C)C)C2. The Kier molecular flexibility index (Phi) is 3.06. The molecule has 0 aromatic carbocycles. The molecule has 2 N–H and O–H groups in total. The average Bonchev–Trinajstić information content (AvgIpc) is 2.51. The molecule has 1 aliphatic carbocycles. The molecule has 0 spiro atoms. The lowest BCUT2D eigenvalue weighted by Gasteiger charge is -2.25. The molecule has 1 unspecified atom stereocenters. The molecule has 0 aliphatic heterocycles. The number of carbonyl (C=O) groups excluding carboxylic acids is 1. The quantitative estimate of drug-likeness (QED) is 0.802. The molecule has 0 bridgehead atoms. The van der Waals surface area contributed by atoms with Crippen LogP contribution in [0.25, 0.3) is 0 Å². The van der Waals surface area contributed by atoms with Crippen LogP contribution in [-0.4, -0.2) is 5.78 Å². The van der Waals surface area contributed by atoms with E-state index >= 15 is 0 Å². The second kappa shape index (κ2) is 4.21. The van der Waals surface area contributed by atoms with Gasteiger partial charge in [-0.1, -0.05) is 13.8 Å². The molecule has 2 rings (SSSR count). The van der Waals surface area contributed by atoms with Gasteiger partial charge in [0, 0.05) is 4.88 Å². The van der Waals surface area contributed by atoms with Crippen LogP contribution in [-0.2, 0) is 12.8 Å². The lowest BCUT2D eigenvalue weighted by Crippen LogP contribution is -2.18. The largest absolute Gasteiger partial charge is 0.390 e. The van der Waals surface area contributed by atoms with Gasteiger partial charge in [0.1, 0.15) is 0 Å². The van der Waals surface area contributed by atoms with E-state index in [-0.39, 0.29) is 5.78 Å². The Hall–Kier alpha value is -0.830. The summed E-state index contributed by atoms with van der Waals surface area (Å²) in [4.78, 5) is 12.9. The molecule has 1 heterocycles. The Morgan fingerprint density at radius 1 is 1.50 bits per heavy atom. The molecule has 1 aromatic rings. The highest BCUT2D eigenvalue weighted by atomic mass is 32.1. The molecule has 1 aromatic heterocycles. The van der Waals surface area contributed by atoms with Crippen LogP contribution in [0.1, 0.15) is 48.0 Å². The van der Waals surface area contributed by atoms with Crippen molar-refractivity contribution < 1.29 is 4.79 Å². The Morgan fingerprint density at radius 2 is 2.19 bits per heavy atom. The maximum atomic E-state index is 11.5. The van der Waals surface area contributed by atoms with Crippen LogP contribution in [0.15, 0.2) is 0 Å². The number of hydrogen-bond donors (Lipinski definition) is 1. The van der Waals surface area contributed by atoms with Gasteiger partial charge in [0.05, 0.1) is 10.6 Å². The minimum absolute atomic E-state index is 0.123. The minimum Gasteiger partial charge on any atom is -0.390 e. The van der Waals surface area contributed by atoms with E-state index in [0.29, 0.717) is 0 Å². The van der Waals surface area contributed by atoms with E-state index in [1.54, 1.807) is 18.3 Å². The maximum Gasteiger partial charge on any atom is 0.163 e. The average molecular weight is 237 g/mol. The van der Waals surface area contributed by atoms with Crippen molar-refractivity contribution in [1.29, 1.82) is 0 Å². The first-order valence-corrected chi connectivity index (χ1v) is 6.73. The standard InChI is InChI=1S/C13H19NOS/c1-7(2)9-4-5-10-11(6-9)16-13(14)12(10)8(3)15/h7,9H,4-6,14H2,1-3H3. The van der Waals surface area contributed by atoms with Gasteiger partial charge in [0.25, 0.3) is 0 Å². The molecule has 1 aliphatic rings. The maximum absolute atomic E-state index is 11.5. The first-order chi connectivity index (χ1) is 7.50. The predicted molar refractivity (Wildman–Crippen MR) is 69.1 cm³/mol. The molecular weight excluding hydrogens is 218 g/mol. The van der Waals surface area contributed by atoms with Gasteiger partial charge in [-0.2, -0.15) is 0 Å². The van der Waals surface area contributed by atoms with Gasteiger partial charge < -0.3 is 5.73 Å². The second-order valence-electron chi connectivity index (χ2n) is 5.05. The molecule has 0 radical (unpaired) electrons. The molecule has 88 valence electrons. The number of anilines is 1. The van der Waals surface area contributed by atoms with Crippen LogP contribution in [0.3, 0.4) is 0 Å². The Morgan fingerprint density at radius 3 is 2.75 bits per heavy atom. The molecule has 0 saturated carbocycles. The Labute approximate surface area is 101 Å². The van der Waals surface area contributed by atoms with Gasteiger partial charge in [0.2, 0.25) is 0 Å². The summed E-state index contributed by atoms with van der Waals surface area (Å²) in [5.41, 5.74) is 7.99. The van der Waals surface area contributed by atoms with E-state index in [1.165, 1.54) is 16.9 Å². The Balaban J connectivity index is 2.35. The summed E-state index contributed by atoms with van der Waals surface area (Å²) in [6.45, 7) is 6.17. The van der Waals surface area contributed by atoms with Gasteiger partial charge in [-0.3, -0.25) is 4.79 Å². The number of nitrogens with two attached hydrogens (primary N) is 1. The fourth-order valence-corrected chi connectivity index (χ4v) is 3.85. The fourth-order valence-electron chi connectivity index (χ4n) is 2.59. The zero-order chi connectivity index (χ0) is 11.9. The van der Waals surface area contributed by atoms with Crippen LogP contribution >= 0.6 is 11.3 Å². The number of rotatable bonds is 2. The third kappa shape index (κ3) is 1.88. The fraction of sp³-hybridized carbons (Fsp3) is 0.615. The number of carbonyl (C=O) groups is 1. The van der Waals surface area contributed by atoms with Crippen LogP contribution in [0.2, 0.25) is 0 Å². The van der Waals surface area contributed by atoms with E-state index in [4.69, 9.17) is 5.73 Å². The molecular formula is C13H19NOS. The van der Waals surface area contributed by atoms with Crippen molar-refractivity contribution in [2.75, 3.05) is 5.73 Å². The highest BCUT2D eigenvalue weighted by molar-refractivity contribution is 7.16. The minimum atomic E-state index is 0.123. The highest BCUT2D eigenvalue weighted by Crippen LogP contribution is 2.39. The van der Waals surface area contributed by atoms with E-state index < -0.39 is 0 Å². The first kappa shape index (κ1) is 11.6. The summed E-state index contributed by atoms with van der Waals surface area (Å²) < 4.78 is 0. The van der Waals surface area contributed by atoms with Crippen molar-refractivity contribution in [2.24, 2.45) is 11.8 Å². The van der Waals surface area contributed by atoms with Gasteiger partial charge in [-0.15, -0.1) is 11.3 Å². The smallest absolute Gasteiger partial charge is 0.163 e. The van der Waals surface area contributed by atoms with Crippen LogP contribution in [0, 0.1) is 11.8 Å². The summed E-state index contributed by atoms with van der Waals surface area (Å²) in [5.74, 6) is 1.60. The summed E-state index contributed by atoms with van der Waals surface area (Å²) >= 11 is 1.62. The zero-order valence-electron chi connectivity index (χ0n) is 10.2. The molecule has 3 heteroatoms. The first-order valence-electron chi connectivity index (χ1n) is 5.91. The topological polar surface area (TPSA) is 43.1 Å². The summed E-state index contributed by atoms with van der Waals surface area (Å²) in [6, 6.07) is 0. The van der Waals surface area contributed by atoms with Gasteiger partial charge in [0.15, 0.2) is 5.78 Å². The van der Waals surface area contributed by atoms with Crippen molar-refractivity contribution in [3.05, 3.63) is 16.0 Å². The number of Topliss-reactive ketones (excluding diaryl/α,β-unsaturated/α-hetero) is 1. The van der Waals surface area contributed by atoms with Gasteiger partial charge in [-0.25, -0.2) is 0 Å². The molecule has 0 fully saturated rings. The van der Waals surface area contributed by atoms with Crippen molar-refractivity contribution in [3.63, 3.8) is 0 Å². The lowest BCUT2D eigenvalue weighted by molar-refractivity contribution is 0.101. The summed E-state index contributed by atoms with van der Waals surface area (Å²) in [5, 5.41) is 0.724. The third-order valence-electron chi connectivity index (χ3n) is 3.63. The number of thiophene rings is 1. The number of nitrogen functional groups attached to an aromatic ring is 1. The molecule has 0 amide bonds. The summed E-state index contributed by atoms with van der Waals surface area (Å²) in [7, 11) is 0. The molecule has 0 saturated heterocycles. The van der Waals surface area contributed by atoms with Crippen molar-refractivity contribution >= 4 is 22.1 Å². The Bertz CT molecular complexity index is 420. The van der Waals surface area contributed by atoms with Crippen LogP contribution in [0.4, 0.5) is 5.00 Å². The van der Waals surface area contributed by atoms with Gasteiger partial charge >= 0.3 is 0 Å². The summed E-state index contributed by atoms with van der Waals surface area (Å²) in [6.07, 6.45) is 3.33. The van der Waals surface area contributed by atoms with Crippen molar-refractivity contribution in [2.45, 2.75) is 40.0 Å². The van der Waals surface area contributed by atoms with E-state index in [9.17, 15) is 4.79 Å². The third-order valence-corrected chi connectivity index (χ3v) is 4.71. The monoisotopic (exact) mass is 237 g/mol. The number of fused-ring (bicyclic) bond motifs is 1. The zero-order valence-corrected chi connectivity index (χ0v) is 11.0. The van der Waals surface area contributed by atoms with Crippen molar-refractivity contribution in [3.8, 4) is 0 Å². The molecule has 1 atom stereocenters. The second-order valence-corrected chi connectivity index (χ2v) is 6.18. The number of hydrogen-bond acceptors (Lipinski definition) is 3. The van der Waals surface area contributed by atoms with E-state index in [0.717, 1.165) is 35.2 Å². The van der Waals surface area contributed by atoms with E-state index in [1.807, 2.05) is 0 Å². The van der Waals surface area contributed by atoms with Crippen molar-refractivity contribution in [1.82, 2.24) is 0 Å². The van der Waals surface area contributed by atoms with Crippen LogP contribution < -0.4 is 5.73 Å². The van der Waals surface area contributed by atoms with Gasteiger partial charge in [-0.05, 0) is 43.6 Å².